The Morgan fingerprint density at radius 3 is 1.40 bits per heavy atom. The molecule has 278 valence electrons. The molecule has 0 N–H and O–H groups in total. The number of benzene rings is 8. The van der Waals surface area contributed by atoms with Gasteiger partial charge in [-0.05, 0) is 97.1 Å². The second-order valence-electron chi connectivity index (χ2n) is 14.9. The Labute approximate surface area is 351 Å². The molecular weight excluding hydrogens is 773 g/mol. The SMILES string of the molecule is [C-]#[N+]c1ccc(N(c2cc3cnc4cc(N(c5ccc(C#N)cc5)c5ccc6c(c5)sc5ccccc56)cc5cnc(c2)c3c54)c2ccc3c(c2)sc2ccccc23)cc1. The van der Waals surface area contributed by atoms with Crippen LogP contribution in [0.1, 0.15) is 5.56 Å². The molecule has 4 heterocycles. The van der Waals surface area contributed by atoms with Crippen molar-refractivity contribution in [1.29, 1.82) is 5.26 Å². The average molecular weight is 801 g/mol. The van der Waals surface area contributed by atoms with Gasteiger partial charge in [0.25, 0.3) is 0 Å². The normalized spacial score (nSPS) is 11.6. The lowest BCUT2D eigenvalue weighted by molar-refractivity contribution is 1.28. The van der Waals surface area contributed by atoms with Gasteiger partial charge in [0.1, 0.15) is 0 Å². The number of nitriles is 1. The van der Waals surface area contributed by atoms with Crippen LogP contribution in [0, 0.1) is 17.9 Å². The Balaban J connectivity index is 1.01. The number of hydrogen-bond donors (Lipinski definition) is 0. The summed E-state index contributed by atoms with van der Waals surface area (Å²) in [4.78, 5) is 18.4. The number of anilines is 6. The summed E-state index contributed by atoms with van der Waals surface area (Å²) in [5, 5.41) is 18.7. The van der Waals surface area contributed by atoms with E-state index >= 15 is 0 Å². The molecule has 0 spiro atoms. The van der Waals surface area contributed by atoms with Gasteiger partial charge >= 0.3 is 0 Å². The summed E-state index contributed by atoms with van der Waals surface area (Å²) in [6.45, 7) is 7.57. The molecule has 60 heavy (non-hydrogen) atoms. The van der Waals surface area contributed by atoms with Gasteiger partial charge in [-0.1, -0.05) is 60.7 Å². The fraction of sp³-hybridized carbons (Fsp3) is 0. The van der Waals surface area contributed by atoms with E-state index in [1.165, 1.54) is 40.3 Å². The van der Waals surface area contributed by atoms with Gasteiger partial charge in [0.15, 0.2) is 5.69 Å². The van der Waals surface area contributed by atoms with Gasteiger partial charge in [0.05, 0.1) is 29.2 Å². The highest BCUT2D eigenvalue weighted by Crippen LogP contribution is 2.46. The van der Waals surface area contributed by atoms with E-state index < -0.39 is 0 Å². The highest BCUT2D eigenvalue weighted by Gasteiger charge is 2.21. The van der Waals surface area contributed by atoms with E-state index in [2.05, 4.69) is 130 Å². The molecule has 0 atom stereocenters. The average Bonchev–Trinajstić information content (AvgIpc) is 3.86. The smallest absolute Gasteiger partial charge is 0.187 e. The molecule has 0 fully saturated rings. The van der Waals surface area contributed by atoms with Crippen LogP contribution in [0.3, 0.4) is 0 Å². The molecule has 0 aliphatic heterocycles. The molecule has 0 radical (unpaired) electrons. The largest absolute Gasteiger partial charge is 0.310 e. The van der Waals surface area contributed by atoms with Gasteiger partial charge < -0.3 is 9.80 Å². The third kappa shape index (κ3) is 5.37. The van der Waals surface area contributed by atoms with Crippen LogP contribution < -0.4 is 9.80 Å². The Kier molecular flexibility index (Phi) is 7.60. The second kappa shape index (κ2) is 13.3. The van der Waals surface area contributed by atoms with Gasteiger partial charge in [0.2, 0.25) is 0 Å². The quantitative estimate of drug-likeness (QED) is 0.124. The number of aromatic nitrogens is 2. The maximum Gasteiger partial charge on any atom is 0.187 e. The standard InChI is InChI=1S/C52H28N6S2/c1-54-34-12-16-36(17-13-34)58(38-19-21-44-42-7-3-5-9-48(42)60-50(44)27-38)40-23-33-30-55-45-24-39(22-32-29-56-46(25-40)52(33)51(32)45)57(35-14-10-31(28-53)11-15-35)37-18-20-43-41-6-2-4-8-47(41)59-49(43)26-37/h2-27,29-30H. The summed E-state index contributed by atoms with van der Waals surface area (Å²) in [6, 6.07) is 56.9. The van der Waals surface area contributed by atoms with Gasteiger partial charge in [-0.3, -0.25) is 9.97 Å². The zero-order valence-corrected chi connectivity index (χ0v) is 33.3. The first kappa shape index (κ1) is 34.2. The molecule has 0 unspecified atom stereocenters. The van der Waals surface area contributed by atoms with Crippen molar-refractivity contribution in [2.45, 2.75) is 0 Å². The first-order valence-corrected chi connectivity index (χ1v) is 21.1. The molecule has 0 bridgehead atoms. The van der Waals surface area contributed by atoms with Gasteiger partial charge in [-0.15, -0.1) is 22.7 Å². The lowest BCUT2D eigenvalue weighted by atomic mass is 9.99. The van der Waals surface area contributed by atoms with E-state index in [9.17, 15) is 5.26 Å². The van der Waals surface area contributed by atoms with Crippen LogP contribution in [0.4, 0.5) is 39.8 Å². The van der Waals surface area contributed by atoms with Crippen molar-refractivity contribution < 1.29 is 0 Å². The molecule has 4 aromatic heterocycles. The molecule has 0 saturated carbocycles. The van der Waals surface area contributed by atoms with E-state index in [1.54, 1.807) is 22.7 Å². The number of hydrogen-bond acceptors (Lipinski definition) is 7. The van der Waals surface area contributed by atoms with Crippen molar-refractivity contribution >= 4 is 135 Å². The van der Waals surface area contributed by atoms with Crippen LogP contribution >= 0.6 is 22.7 Å². The van der Waals surface area contributed by atoms with E-state index in [-0.39, 0.29) is 0 Å². The summed E-state index contributed by atoms with van der Waals surface area (Å²) < 4.78 is 4.94. The van der Waals surface area contributed by atoms with Gasteiger partial charge in [-0.2, -0.15) is 5.26 Å². The van der Waals surface area contributed by atoms with E-state index in [0.717, 1.165) is 66.7 Å². The summed E-state index contributed by atoms with van der Waals surface area (Å²) in [5.74, 6) is 0. The molecule has 12 aromatic rings. The highest BCUT2D eigenvalue weighted by molar-refractivity contribution is 7.26. The van der Waals surface area contributed by atoms with Crippen LogP contribution in [-0.4, -0.2) is 9.97 Å². The minimum absolute atomic E-state index is 0.595. The molecule has 0 saturated heterocycles. The van der Waals surface area contributed by atoms with Crippen LogP contribution in [0.25, 0.3) is 77.8 Å². The van der Waals surface area contributed by atoms with E-state index in [0.29, 0.717) is 11.3 Å². The lowest BCUT2D eigenvalue weighted by Gasteiger charge is -2.27. The third-order valence-electron chi connectivity index (χ3n) is 11.5. The van der Waals surface area contributed by atoms with Crippen molar-refractivity contribution in [1.82, 2.24) is 9.97 Å². The first-order chi connectivity index (χ1) is 29.6. The number of rotatable bonds is 6. The molecular formula is C52H28N6S2. The minimum Gasteiger partial charge on any atom is -0.310 e. The number of fused-ring (bicyclic) bond motifs is 6. The topological polar surface area (TPSA) is 60.4 Å². The Bertz CT molecular complexity index is 3450. The maximum atomic E-state index is 9.62. The molecule has 12 rings (SSSR count). The van der Waals surface area contributed by atoms with Gasteiger partial charge in [-0.25, -0.2) is 4.85 Å². The predicted molar refractivity (Wildman–Crippen MR) is 252 cm³/mol. The lowest BCUT2D eigenvalue weighted by Crippen LogP contribution is -2.11. The zero-order valence-electron chi connectivity index (χ0n) is 31.7. The first-order valence-electron chi connectivity index (χ1n) is 19.5. The summed E-state index contributed by atoms with van der Waals surface area (Å²) in [7, 11) is 0. The molecule has 8 heteroatoms. The van der Waals surface area contributed by atoms with E-state index in [1.807, 2.05) is 60.9 Å². The summed E-state index contributed by atoms with van der Waals surface area (Å²) in [5.41, 5.74) is 8.79. The van der Waals surface area contributed by atoms with Gasteiger partial charge in [0, 0.05) is 108 Å². The number of pyridine rings is 2. The van der Waals surface area contributed by atoms with Crippen LogP contribution in [0.5, 0.6) is 0 Å². The van der Waals surface area contributed by atoms with Crippen LogP contribution in [0.15, 0.2) is 170 Å². The van der Waals surface area contributed by atoms with Crippen molar-refractivity contribution in [3.05, 3.63) is 187 Å². The monoisotopic (exact) mass is 800 g/mol. The Morgan fingerprint density at radius 2 is 0.917 bits per heavy atom. The van der Waals surface area contributed by atoms with Crippen molar-refractivity contribution in [3.63, 3.8) is 0 Å². The maximum absolute atomic E-state index is 9.62. The minimum atomic E-state index is 0.595. The van der Waals surface area contributed by atoms with E-state index in [4.69, 9.17) is 16.5 Å². The molecule has 0 amide bonds. The number of nitrogens with zero attached hydrogens (tertiary/aromatic N) is 6. The molecule has 8 aromatic carbocycles. The fourth-order valence-electron chi connectivity index (χ4n) is 8.72. The second-order valence-corrected chi connectivity index (χ2v) is 17.1. The third-order valence-corrected chi connectivity index (χ3v) is 13.7. The Morgan fingerprint density at radius 1 is 0.467 bits per heavy atom. The highest BCUT2D eigenvalue weighted by atomic mass is 32.1. The molecule has 6 nitrogen and oxygen atoms in total. The van der Waals surface area contributed by atoms with Crippen molar-refractivity contribution in [3.8, 4) is 6.07 Å². The zero-order chi connectivity index (χ0) is 39.9. The fourth-order valence-corrected chi connectivity index (χ4v) is 11.0. The molecule has 0 aliphatic rings. The molecule has 0 aliphatic carbocycles. The number of thiophene rings is 2. The Hall–Kier alpha value is -7.88. The van der Waals surface area contributed by atoms with Crippen molar-refractivity contribution in [2.24, 2.45) is 0 Å². The van der Waals surface area contributed by atoms with Crippen molar-refractivity contribution in [2.75, 3.05) is 9.80 Å². The predicted octanol–water partition coefficient (Wildman–Crippen LogP) is 15.5. The van der Waals surface area contributed by atoms with Crippen LogP contribution in [-0.2, 0) is 0 Å². The summed E-state index contributed by atoms with van der Waals surface area (Å²) in [6.07, 6.45) is 3.92. The summed E-state index contributed by atoms with van der Waals surface area (Å²) >= 11 is 3.59. The van der Waals surface area contributed by atoms with Crippen LogP contribution in [0.2, 0.25) is 0 Å².